The van der Waals surface area contributed by atoms with Crippen molar-refractivity contribution < 1.29 is 0 Å². The van der Waals surface area contributed by atoms with Gasteiger partial charge < -0.3 is 9.88 Å². The van der Waals surface area contributed by atoms with Gasteiger partial charge in [0.1, 0.15) is 0 Å². The Kier molecular flexibility index (Phi) is 5.05. The van der Waals surface area contributed by atoms with E-state index in [0.29, 0.717) is 16.9 Å². The minimum Gasteiger partial charge on any atom is -0.372 e. The Balaban J connectivity index is 1.70. The Morgan fingerprint density at radius 2 is 1.90 bits per heavy atom. The van der Waals surface area contributed by atoms with Crippen LogP contribution in [0.15, 0.2) is 23.0 Å². The first kappa shape index (κ1) is 20.5. The first-order valence-electron chi connectivity index (χ1n) is 11.3. The standard InChI is InChI=1S/C25H37N3O/c1-7-27(8-2)18-9-10-22-20(11-18)23(29)21(17(3)26-22)14-28-16-25(6)13-19(28)12-24(4,5)15-25/h9-11,19H,7-8,12-16H2,1-6H3,(H,26,29)/t19-,25+/m1/s1. The van der Waals surface area contributed by atoms with Gasteiger partial charge in [0.2, 0.25) is 0 Å². The molecule has 1 aromatic carbocycles. The van der Waals surface area contributed by atoms with E-state index in [0.717, 1.165) is 54.0 Å². The SMILES string of the molecule is CCN(CC)c1ccc2[nH]c(C)c(CN3C[C@@]4(C)C[C@H]3CC(C)(C)C4)c(=O)c2c1. The molecule has 1 aliphatic carbocycles. The van der Waals surface area contributed by atoms with Crippen molar-refractivity contribution in [1.29, 1.82) is 0 Å². The molecule has 0 unspecified atom stereocenters. The van der Waals surface area contributed by atoms with Crippen LogP contribution < -0.4 is 10.3 Å². The van der Waals surface area contributed by atoms with Gasteiger partial charge in [-0.1, -0.05) is 20.8 Å². The maximum Gasteiger partial charge on any atom is 0.194 e. The molecule has 2 fully saturated rings. The third-order valence-corrected chi connectivity index (χ3v) is 7.31. The number of H-pyrrole nitrogens is 1. The van der Waals surface area contributed by atoms with E-state index in [1.165, 1.54) is 19.3 Å². The predicted molar refractivity (Wildman–Crippen MR) is 123 cm³/mol. The zero-order valence-electron chi connectivity index (χ0n) is 19.1. The molecular weight excluding hydrogens is 358 g/mol. The number of fused-ring (bicyclic) bond motifs is 3. The number of aromatic nitrogens is 1. The van der Waals surface area contributed by atoms with Crippen molar-refractivity contribution in [3.8, 4) is 0 Å². The smallest absolute Gasteiger partial charge is 0.194 e. The lowest BCUT2D eigenvalue weighted by molar-refractivity contribution is 0.126. The highest BCUT2D eigenvalue weighted by Gasteiger charge is 2.49. The van der Waals surface area contributed by atoms with Crippen LogP contribution in [-0.2, 0) is 6.54 Å². The van der Waals surface area contributed by atoms with Gasteiger partial charge in [-0.25, -0.2) is 0 Å². The lowest BCUT2D eigenvalue weighted by atomic mass is 9.65. The number of hydrogen-bond acceptors (Lipinski definition) is 3. The Bertz CT molecular complexity index is 972. The Morgan fingerprint density at radius 3 is 2.59 bits per heavy atom. The molecule has 158 valence electrons. The number of anilines is 1. The van der Waals surface area contributed by atoms with Gasteiger partial charge in [0.15, 0.2) is 5.43 Å². The molecule has 4 nitrogen and oxygen atoms in total. The van der Waals surface area contributed by atoms with Crippen LogP contribution in [0.5, 0.6) is 0 Å². The summed E-state index contributed by atoms with van der Waals surface area (Å²) in [6.45, 7) is 17.4. The highest BCUT2D eigenvalue weighted by atomic mass is 16.1. The van der Waals surface area contributed by atoms with Crippen LogP contribution in [0, 0.1) is 17.8 Å². The second-order valence-corrected chi connectivity index (χ2v) is 10.6. The van der Waals surface area contributed by atoms with Crippen LogP contribution in [0.4, 0.5) is 5.69 Å². The van der Waals surface area contributed by atoms with Crippen LogP contribution in [0.2, 0.25) is 0 Å². The number of aromatic amines is 1. The molecule has 1 N–H and O–H groups in total. The molecule has 0 spiro atoms. The van der Waals surface area contributed by atoms with E-state index in [1.54, 1.807) is 0 Å². The lowest BCUT2D eigenvalue weighted by Gasteiger charge is -2.40. The Hall–Kier alpha value is -1.81. The molecule has 2 atom stereocenters. The van der Waals surface area contributed by atoms with Crippen LogP contribution in [0.25, 0.3) is 10.9 Å². The number of aryl methyl sites for hydroxylation is 1. The molecule has 4 heteroatoms. The average Bonchev–Trinajstić information content (AvgIpc) is 2.88. The summed E-state index contributed by atoms with van der Waals surface area (Å²) in [6, 6.07) is 6.86. The zero-order chi connectivity index (χ0) is 21.0. The molecule has 29 heavy (non-hydrogen) atoms. The summed E-state index contributed by atoms with van der Waals surface area (Å²) < 4.78 is 0. The largest absolute Gasteiger partial charge is 0.372 e. The third-order valence-electron chi connectivity index (χ3n) is 7.31. The van der Waals surface area contributed by atoms with E-state index in [2.05, 4.69) is 74.5 Å². The molecule has 0 radical (unpaired) electrons. The van der Waals surface area contributed by atoms with Crippen LogP contribution >= 0.6 is 0 Å². The summed E-state index contributed by atoms with van der Waals surface area (Å²) in [5, 5.41) is 0.823. The molecule has 0 amide bonds. The van der Waals surface area contributed by atoms with Crippen molar-refractivity contribution in [2.24, 2.45) is 10.8 Å². The van der Waals surface area contributed by atoms with Crippen LogP contribution in [-0.4, -0.2) is 35.6 Å². The van der Waals surface area contributed by atoms with Gasteiger partial charge >= 0.3 is 0 Å². The summed E-state index contributed by atoms with van der Waals surface area (Å²) in [5.41, 5.74) is 5.04. The molecule has 1 aliphatic heterocycles. The fraction of sp³-hybridized carbons (Fsp3) is 0.640. The van der Waals surface area contributed by atoms with Gasteiger partial charge in [-0.2, -0.15) is 0 Å². The summed E-state index contributed by atoms with van der Waals surface area (Å²) in [5.74, 6) is 0. The molecule has 2 heterocycles. The van der Waals surface area contributed by atoms with Crippen molar-refractivity contribution >= 4 is 16.6 Å². The summed E-state index contributed by atoms with van der Waals surface area (Å²) in [4.78, 5) is 21.9. The Morgan fingerprint density at radius 1 is 1.17 bits per heavy atom. The first-order valence-corrected chi connectivity index (χ1v) is 11.3. The molecule has 1 saturated carbocycles. The second kappa shape index (κ2) is 7.16. The molecule has 2 bridgehead atoms. The first-order chi connectivity index (χ1) is 13.6. The van der Waals surface area contributed by atoms with Crippen LogP contribution in [0.1, 0.15) is 65.1 Å². The molecule has 1 saturated heterocycles. The average molecular weight is 396 g/mol. The highest BCUT2D eigenvalue weighted by molar-refractivity contribution is 5.83. The van der Waals surface area contributed by atoms with Crippen molar-refractivity contribution in [2.45, 2.75) is 73.4 Å². The molecule has 1 aromatic heterocycles. The molecule has 2 aromatic rings. The van der Waals surface area contributed by atoms with Gasteiger partial charge in [0.05, 0.1) is 0 Å². The molecule has 4 rings (SSSR count). The van der Waals surface area contributed by atoms with E-state index in [9.17, 15) is 4.79 Å². The van der Waals surface area contributed by atoms with E-state index in [4.69, 9.17) is 0 Å². The highest BCUT2D eigenvalue weighted by Crippen LogP contribution is 2.52. The normalized spacial score (nSPS) is 26.2. The van der Waals surface area contributed by atoms with Gasteiger partial charge in [-0.15, -0.1) is 0 Å². The minimum atomic E-state index is 0.205. The lowest BCUT2D eigenvalue weighted by Crippen LogP contribution is -2.35. The third kappa shape index (κ3) is 3.72. The van der Waals surface area contributed by atoms with E-state index < -0.39 is 0 Å². The second-order valence-electron chi connectivity index (χ2n) is 10.6. The van der Waals surface area contributed by atoms with Gasteiger partial charge in [-0.05, 0) is 69.1 Å². The number of nitrogens with one attached hydrogen (secondary N) is 1. The van der Waals surface area contributed by atoms with Crippen molar-refractivity contribution in [3.05, 3.63) is 39.7 Å². The fourth-order valence-electron chi connectivity index (χ4n) is 6.38. The van der Waals surface area contributed by atoms with E-state index >= 15 is 0 Å². The number of benzene rings is 1. The van der Waals surface area contributed by atoms with Crippen molar-refractivity contribution in [2.75, 3.05) is 24.5 Å². The minimum absolute atomic E-state index is 0.205. The predicted octanol–water partition coefficient (Wildman–Crippen LogP) is 5.08. The van der Waals surface area contributed by atoms with Crippen molar-refractivity contribution in [1.82, 2.24) is 9.88 Å². The summed E-state index contributed by atoms with van der Waals surface area (Å²) >= 11 is 0. The molecular formula is C25H37N3O. The topological polar surface area (TPSA) is 39.3 Å². The quantitative estimate of drug-likeness (QED) is 0.767. The number of likely N-dealkylation sites (tertiary alicyclic amines) is 1. The number of nitrogens with zero attached hydrogens (tertiary/aromatic N) is 2. The number of hydrogen-bond donors (Lipinski definition) is 1. The number of rotatable bonds is 5. The van der Waals surface area contributed by atoms with E-state index in [-0.39, 0.29) is 5.43 Å². The zero-order valence-corrected chi connectivity index (χ0v) is 19.1. The summed E-state index contributed by atoms with van der Waals surface area (Å²) in [7, 11) is 0. The number of pyridine rings is 1. The van der Waals surface area contributed by atoms with E-state index in [1.807, 2.05) is 0 Å². The fourth-order valence-corrected chi connectivity index (χ4v) is 6.38. The summed E-state index contributed by atoms with van der Waals surface area (Å²) in [6.07, 6.45) is 3.79. The maximum absolute atomic E-state index is 13.5. The van der Waals surface area contributed by atoms with Crippen LogP contribution in [0.3, 0.4) is 0 Å². The van der Waals surface area contributed by atoms with Crippen molar-refractivity contribution in [3.63, 3.8) is 0 Å². The maximum atomic E-state index is 13.5. The van der Waals surface area contributed by atoms with Gasteiger partial charge in [0, 0.05) is 60.1 Å². The Labute approximate surface area is 175 Å². The van der Waals surface area contributed by atoms with Gasteiger partial charge in [-0.3, -0.25) is 9.69 Å². The monoisotopic (exact) mass is 395 g/mol. The molecule has 2 aliphatic rings. The van der Waals surface area contributed by atoms with Gasteiger partial charge in [0.25, 0.3) is 0 Å².